The van der Waals surface area contributed by atoms with E-state index >= 15 is 0 Å². The molecule has 0 aromatic carbocycles. The van der Waals surface area contributed by atoms with Gasteiger partial charge in [0.05, 0.1) is 31.3 Å². The van der Waals surface area contributed by atoms with Gasteiger partial charge in [-0.05, 0) is 6.07 Å². The number of ether oxygens (including phenoxy) is 1. The molecule has 2 heterocycles. The fourth-order valence-electron chi connectivity index (χ4n) is 1.48. The lowest BCUT2D eigenvalue weighted by Crippen LogP contribution is -2.35. The molecule has 1 aromatic rings. The van der Waals surface area contributed by atoms with Crippen LogP contribution in [0.5, 0.6) is 0 Å². The van der Waals surface area contributed by atoms with Crippen molar-refractivity contribution in [2.75, 3.05) is 31.2 Å². The lowest BCUT2D eigenvalue weighted by Gasteiger charge is -2.27. The van der Waals surface area contributed by atoms with Gasteiger partial charge in [0.25, 0.3) is 0 Å². The maximum atomic E-state index is 10.4. The van der Waals surface area contributed by atoms with E-state index in [4.69, 9.17) is 4.74 Å². The highest BCUT2D eigenvalue weighted by molar-refractivity contribution is 5.44. The first kappa shape index (κ1) is 9.01. The van der Waals surface area contributed by atoms with E-state index in [1.54, 1.807) is 6.07 Å². The number of anilines is 1. The lowest BCUT2D eigenvalue weighted by molar-refractivity contribution is -0.541. The van der Waals surface area contributed by atoms with Gasteiger partial charge < -0.3 is 9.64 Å². The van der Waals surface area contributed by atoms with Crippen LogP contribution in [0.1, 0.15) is 0 Å². The van der Waals surface area contributed by atoms with Crippen molar-refractivity contribution in [2.45, 2.75) is 0 Å². The van der Waals surface area contributed by atoms with E-state index in [0.29, 0.717) is 13.2 Å². The second-order valence-electron chi connectivity index (χ2n) is 3.09. The van der Waals surface area contributed by atoms with Crippen molar-refractivity contribution in [2.24, 2.45) is 0 Å². The SMILES string of the molecule is O=[N+]([O-])n1ccc(N2CCOCC2)c1. The summed E-state index contributed by atoms with van der Waals surface area (Å²) in [5, 5.41) is 9.97. The van der Waals surface area contributed by atoms with Crippen molar-refractivity contribution < 1.29 is 9.77 Å². The van der Waals surface area contributed by atoms with Crippen LogP contribution in [0.3, 0.4) is 0 Å². The van der Waals surface area contributed by atoms with Crippen LogP contribution < -0.4 is 4.90 Å². The van der Waals surface area contributed by atoms with E-state index in [-0.39, 0.29) is 0 Å². The van der Waals surface area contributed by atoms with Gasteiger partial charge >= 0.3 is 0 Å². The summed E-state index contributed by atoms with van der Waals surface area (Å²) < 4.78 is 6.16. The summed E-state index contributed by atoms with van der Waals surface area (Å²) in [7, 11) is 0. The number of morpholine rings is 1. The number of hydrogen-bond acceptors (Lipinski definition) is 4. The molecule has 0 N–H and O–H groups in total. The van der Waals surface area contributed by atoms with Gasteiger partial charge in [-0.15, -0.1) is 0 Å². The Morgan fingerprint density at radius 2 is 2.14 bits per heavy atom. The smallest absolute Gasteiger partial charge is 0.169 e. The van der Waals surface area contributed by atoms with Crippen LogP contribution in [0.25, 0.3) is 0 Å². The average molecular weight is 197 g/mol. The topological polar surface area (TPSA) is 60.5 Å². The summed E-state index contributed by atoms with van der Waals surface area (Å²) in [5.41, 5.74) is 0.880. The first-order valence-corrected chi connectivity index (χ1v) is 4.43. The van der Waals surface area contributed by atoms with Crippen LogP contribution in [0.15, 0.2) is 18.5 Å². The van der Waals surface area contributed by atoms with Gasteiger partial charge in [0.1, 0.15) is 0 Å². The highest BCUT2D eigenvalue weighted by Gasteiger charge is 2.13. The zero-order valence-corrected chi connectivity index (χ0v) is 7.63. The number of hydrogen-bond donors (Lipinski definition) is 0. The largest absolute Gasteiger partial charge is 0.378 e. The van der Waals surface area contributed by atoms with Crippen LogP contribution in [0.2, 0.25) is 0 Å². The standard InChI is InChI=1S/C8H11N3O3/c12-11(13)10-2-1-8(7-10)9-3-5-14-6-4-9/h1-2,7H,3-6H2. The summed E-state index contributed by atoms with van der Waals surface area (Å²) in [6.45, 7) is 2.96. The van der Waals surface area contributed by atoms with Gasteiger partial charge in [0.15, 0.2) is 5.03 Å². The number of aromatic nitrogens is 1. The zero-order valence-electron chi connectivity index (χ0n) is 7.63. The zero-order chi connectivity index (χ0) is 9.97. The molecule has 1 fully saturated rings. The summed E-state index contributed by atoms with van der Waals surface area (Å²) >= 11 is 0. The van der Waals surface area contributed by atoms with E-state index in [1.165, 1.54) is 12.4 Å². The van der Waals surface area contributed by atoms with E-state index in [0.717, 1.165) is 23.5 Å². The Bertz CT molecular complexity index is 330. The first-order chi connectivity index (χ1) is 6.77. The van der Waals surface area contributed by atoms with Crippen molar-refractivity contribution in [3.8, 4) is 0 Å². The second-order valence-corrected chi connectivity index (χ2v) is 3.09. The highest BCUT2D eigenvalue weighted by atomic mass is 16.7. The quantitative estimate of drug-likeness (QED) is 0.507. The second kappa shape index (κ2) is 3.67. The van der Waals surface area contributed by atoms with Gasteiger partial charge in [-0.3, -0.25) is 0 Å². The maximum absolute atomic E-state index is 10.4. The van der Waals surface area contributed by atoms with E-state index < -0.39 is 5.03 Å². The summed E-state index contributed by atoms with van der Waals surface area (Å²) in [4.78, 5) is 12.5. The normalized spacial score (nSPS) is 17.0. The number of rotatable bonds is 2. The van der Waals surface area contributed by atoms with Gasteiger partial charge in [-0.25, -0.2) is 10.1 Å². The lowest BCUT2D eigenvalue weighted by atomic mass is 10.4. The summed E-state index contributed by atoms with van der Waals surface area (Å²) in [5.74, 6) is 0. The minimum Gasteiger partial charge on any atom is -0.378 e. The third-order valence-electron chi connectivity index (χ3n) is 2.23. The third kappa shape index (κ3) is 1.69. The minimum absolute atomic E-state index is 0.454. The fraction of sp³-hybridized carbons (Fsp3) is 0.500. The molecular formula is C8H11N3O3. The predicted octanol–water partition coefficient (Wildman–Crippen LogP) is 0.364. The molecule has 1 saturated heterocycles. The Morgan fingerprint density at radius 1 is 1.43 bits per heavy atom. The molecule has 0 spiro atoms. The molecule has 76 valence electrons. The molecule has 0 saturated carbocycles. The monoisotopic (exact) mass is 197 g/mol. The van der Waals surface area contributed by atoms with Crippen LogP contribution in [0, 0.1) is 10.1 Å². The Morgan fingerprint density at radius 3 is 2.71 bits per heavy atom. The molecule has 14 heavy (non-hydrogen) atoms. The van der Waals surface area contributed by atoms with Crippen molar-refractivity contribution in [3.63, 3.8) is 0 Å². The number of nitrogens with zero attached hydrogens (tertiary/aromatic N) is 3. The molecule has 6 nitrogen and oxygen atoms in total. The minimum atomic E-state index is -0.454. The summed E-state index contributed by atoms with van der Waals surface area (Å²) in [6.07, 6.45) is 2.97. The van der Waals surface area contributed by atoms with E-state index in [9.17, 15) is 10.1 Å². The van der Waals surface area contributed by atoms with Crippen molar-refractivity contribution >= 4 is 5.69 Å². The van der Waals surface area contributed by atoms with Gasteiger partial charge in [0.2, 0.25) is 0 Å². The molecule has 1 aromatic heterocycles. The average Bonchev–Trinajstić information content (AvgIpc) is 2.68. The van der Waals surface area contributed by atoms with Gasteiger partial charge in [-0.1, -0.05) is 4.68 Å². The van der Waals surface area contributed by atoms with Gasteiger partial charge in [0, 0.05) is 13.1 Å². The Hall–Kier alpha value is -1.56. The summed E-state index contributed by atoms with van der Waals surface area (Å²) in [6, 6.07) is 1.74. The van der Waals surface area contributed by atoms with Crippen molar-refractivity contribution in [3.05, 3.63) is 28.6 Å². The fourth-order valence-corrected chi connectivity index (χ4v) is 1.48. The molecule has 1 aliphatic heterocycles. The molecule has 1 aliphatic rings. The predicted molar refractivity (Wildman–Crippen MR) is 49.9 cm³/mol. The first-order valence-electron chi connectivity index (χ1n) is 4.43. The van der Waals surface area contributed by atoms with Crippen LogP contribution in [0.4, 0.5) is 5.69 Å². The molecule has 2 rings (SSSR count). The Balaban J connectivity index is 2.11. The van der Waals surface area contributed by atoms with Crippen molar-refractivity contribution in [1.82, 2.24) is 4.68 Å². The molecule has 0 radical (unpaired) electrons. The third-order valence-corrected chi connectivity index (χ3v) is 2.23. The molecule has 0 amide bonds. The molecule has 6 heteroatoms. The highest BCUT2D eigenvalue weighted by Crippen LogP contribution is 2.15. The Labute approximate surface area is 80.8 Å². The van der Waals surface area contributed by atoms with Crippen LogP contribution in [-0.2, 0) is 4.74 Å². The Kier molecular flexibility index (Phi) is 2.36. The van der Waals surface area contributed by atoms with Crippen LogP contribution in [-0.4, -0.2) is 36.0 Å². The van der Waals surface area contributed by atoms with Crippen LogP contribution >= 0.6 is 0 Å². The molecule has 0 bridgehead atoms. The van der Waals surface area contributed by atoms with E-state index in [2.05, 4.69) is 4.90 Å². The van der Waals surface area contributed by atoms with Crippen molar-refractivity contribution in [1.29, 1.82) is 0 Å². The van der Waals surface area contributed by atoms with Gasteiger partial charge in [-0.2, -0.15) is 0 Å². The molecule has 0 unspecified atom stereocenters. The van der Waals surface area contributed by atoms with E-state index in [1.807, 2.05) is 0 Å². The maximum Gasteiger partial charge on any atom is 0.169 e. The molecule has 0 aliphatic carbocycles. The number of nitro groups is 1. The molecule has 0 atom stereocenters. The molecular weight excluding hydrogens is 186 g/mol.